The SMILES string of the molecule is CCC(=O)N(CC[C@@H](c1ccc2c(c1)OCO2)c1ccccc1OC)Cc1ccc2c(c1)OCO2. The van der Waals surface area contributed by atoms with Crippen molar-refractivity contribution in [1.82, 2.24) is 4.90 Å². The minimum absolute atomic E-state index is 0.00422. The van der Waals surface area contributed by atoms with Crippen molar-refractivity contribution in [3.05, 3.63) is 77.4 Å². The van der Waals surface area contributed by atoms with Gasteiger partial charge in [-0.1, -0.05) is 37.3 Å². The molecule has 3 aromatic rings. The van der Waals surface area contributed by atoms with Crippen LogP contribution >= 0.6 is 0 Å². The molecule has 35 heavy (non-hydrogen) atoms. The predicted molar refractivity (Wildman–Crippen MR) is 130 cm³/mol. The van der Waals surface area contributed by atoms with Crippen LogP contribution in [0, 0.1) is 0 Å². The van der Waals surface area contributed by atoms with Gasteiger partial charge in [-0.15, -0.1) is 0 Å². The maximum atomic E-state index is 12.9. The second-order valence-corrected chi connectivity index (χ2v) is 8.55. The molecule has 7 nitrogen and oxygen atoms in total. The largest absolute Gasteiger partial charge is 0.496 e. The Hall–Kier alpha value is -3.87. The summed E-state index contributed by atoms with van der Waals surface area (Å²) in [4.78, 5) is 14.8. The van der Waals surface area contributed by atoms with Gasteiger partial charge in [0.2, 0.25) is 19.5 Å². The summed E-state index contributed by atoms with van der Waals surface area (Å²) < 4.78 is 27.8. The third-order valence-corrected chi connectivity index (χ3v) is 6.47. The van der Waals surface area contributed by atoms with Gasteiger partial charge < -0.3 is 28.6 Å². The molecular weight excluding hydrogens is 446 g/mol. The highest BCUT2D eigenvalue weighted by Gasteiger charge is 2.24. The Morgan fingerprint density at radius 3 is 2.34 bits per heavy atom. The third kappa shape index (κ3) is 4.85. The molecule has 0 N–H and O–H groups in total. The number of carbonyl (C=O) groups is 1. The maximum Gasteiger partial charge on any atom is 0.231 e. The number of nitrogens with zero attached hydrogens (tertiary/aromatic N) is 1. The molecule has 0 saturated carbocycles. The Morgan fingerprint density at radius 2 is 1.60 bits per heavy atom. The second-order valence-electron chi connectivity index (χ2n) is 8.55. The van der Waals surface area contributed by atoms with Crippen molar-refractivity contribution in [1.29, 1.82) is 0 Å². The number of methoxy groups -OCH3 is 1. The molecule has 2 aliphatic rings. The Labute approximate surface area is 205 Å². The summed E-state index contributed by atoms with van der Waals surface area (Å²) in [6.07, 6.45) is 1.16. The lowest BCUT2D eigenvalue weighted by Crippen LogP contribution is -2.31. The fraction of sp³-hybridized carbons (Fsp3) is 0.321. The first-order valence-corrected chi connectivity index (χ1v) is 11.8. The van der Waals surface area contributed by atoms with Crippen molar-refractivity contribution < 1.29 is 28.5 Å². The Bertz CT molecular complexity index is 1210. The lowest BCUT2D eigenvalue weighted by Gasteiger charge is -2.27. The van der Waals surface area contributed by atoms with Gasteiger partial charge in [0.1, 0.15) is 5.75 Å². The van der Waals surface area contributed by atoms with Crippen LogP contribution in [0.5, 0.6) is 28.7 Å². The van der Waals surface area contributed by atoms with Gasteiger partial charge in [0.15, 0.2) is 23.0 Å². The standard InChI is InChI=1S/C28H29NO6/c1-3-28(30)29(16-19-8-10-24-26(14-19)34-17-32-24)13-12-21(22-6-4-5-7-23(22)31-2)20-9-11-25-27(15-20)35-18-33-25/h4-11,14-15,21H,3,12-13,16-18H2,1-2H3/t21-/m0/s1. The zero-order chi connectivity index (χ0) is 24.2. The lowest BCUT2D eigenvalue weighted by atomic mass is 9.87. The predicted octanol–water partition coefficient (Wildman–Crippen LogP) is 5.11. The molecule has 7 heteroatoms. The van der Waals surface area contributed by atoms with Crippen LogP contribution in [-0.4, -0.2) is 38.0 Å². The molecule has 1 atom stereocenters. The van der Waals surface area contributed by atoms with E-state index in [4.69, 9.17) is 23.7 Å². The van der Waals surface area contributed by atoms with Crippen molar-refractivity contribution in [3.63, 3.8) is 0 Å². The normalized spacial score (nSPS) is 14.0. The molecule has 1 amide bonds. The minimum atomic E-state index is 0.00422. The number of benzene rings is 3. The van der Waals surface area contributed by atoms with Crippen LogP contribution in [0.4, 0.5) is 0 Å². The van der Waals surface area contributed by atoms with Gasteiger partial charge in [0.25, 0.3) is 0 Å². The zero-order valence-electron chi connectivity index (χ0n) is 20.0. The third-order valence-electron chi connectivity index (χ3n) is 6.47. The molecule has 0 aliphatic carbocycles. The summed E-state index contributed by atoms with van der Waals surface area (Å²) >= 11 is 0. The van der Waals surface area contributed by atoms with Gasteiger partial charge in [0, 0.05) is 31.0 Å². The number of para-hydroxylation sites is 1. The van der Waals surface area contributed by atoms with E-state index in [1.165, 1.54) is 0 Å². The summed E-state index contributed by atoms with van der Waals surface area (Å²) in [7, 11) is 1.68. The lowest BCUT2D eigenvalue weighted by molar-refractivity contribution is -0.131. The summed E-state index contributed by atoms with van der Waals surface area (Å²) in [5.41, 5.74) is 3.17. The quantitative estimate of drug-likeness (QED) is 0.428. The molecule has 5 rings (SSSR count). The van der Waals surface area contributed by atoms with E-state index in [1.807, 2.05) is 60.4 Å². The highest BCUT2D eigenvalue weighted by atomic mass is 16.7. The minimum Gasteiger partial charge on any atom is -0.496 e. The van der Waals surface area contributed by atoms with E-state index in [2.05, 4.69) is 12.1 Å². The first-order chi connectivity index (χ1) is 17.2. The number of hydrogen-bond donors (Lipinski definition) is 0. The van der Waals surface area contributed by atoms with E-state index in [1.54, 1.807) is 7.11 Å². The number of ether oxygens (including phenoxy) is 5. The summed E-state index contributed by atoms with van der Waals surface area (Å²) in [5.74, 6) is 3.87. The molecule has 0 spiro atoms. The maximum absolute atomic E-state index is 12.9. The summed E-state index contributed by atoms with van der Waals surface area (Å²) in [6, 6.07) is 19.9. The van der Waals surface area contributed by atoms with Crippen LogP contribution in [0.1, 0.15) is 42.4 Å². The first-order valence-electron chi connectivity index (χ1n) is 11.8. The molecule has 0 bridgehead atoms. The highest BCUT2D eigenvalue weighted by Crippen LogP contribution is 2.40. The molecular formula is C28H29NO6. The number of fused-ring (bicyclic) bond motifs is 2. The van der Waals surface area contributed by atoms with Crippen molar-refractivity contribution in [2.24, 2.45) is 0 Å². The van der Waals surface area contributed by atoms with Gasteiger partial charge in [-0.05, 0) is 47.9 Å². The van der Waals surface area contributed by atoms with Crippen LogP contribution in [-0.2, 0) is 11.3 Å². The Balaban J connectivity index is 1.41. The number of hydrogen-bond acceptors (Lipinski definition) is 6. The van der Waals surface area contributed by atoms with E-state index in [0.29, 0.717) is 19.5 Å². The summed E-state index contributed by atoms with van der Waals surface area (Å²) in [6.45, 7) is 3.44. The Kier molecular flexibility index (Phi) is 6.66. The highest BCUT2D eigenvalue weighted by molar-refractivity contribution is 5.75. The second kappa shape index (κ2) is 10.2. The zero-order valence-corrected chi connectivity index (χ0v) is 20.0. The van der Waals surface area contributed by atoms with Gasteiger partial charge in [-0.2, -0.15) is 0 Å². The molecule has 0 fully saturated rings. The van der Waals surface area contributed by atoms with Crippen molar-refractivity contribution in [3.8, 4) is 28.7 Å². The van der Waals surface area contributed by atoms with E-state index >= 15 is 0 Å². The van der Waals surface area contributed by atoms with E-state index in [-0.39, 0.29) is 25.4 Å². The van der Waals surface area contributed by atoms with Gasteiger partial charge in [-0.3, -0.25) is 4.79 Å². The molecule has 182 valence electrons. The van der Waals surface area contributed by atoms with Crippen LogP contribution in [0.25, 0.3) is 0 Å². The van der Waals surface area contributed by atoms with Crippen molar-refractivity contribution >= 4 is 5.91 Å². The first kappa shape index (κ1) is 22.9. The van der Waals surface area contributed by atoms with Crippen LogP contribution in [0.2, 0.25) is 0 Å². The fourth-order valence-corrected chi connectivity index (χ4v) is 4.65. The number of rotatable bonds is 9. The monoisotopic (exact) mass is 475 g/mol. The van der Waals surface area contributed by atoms with E-state index in [0.717, 1.165) is 51.9 Å². The van der Waals surface area contributed by atoms with Crippen LogP contribution in [0.15, 0.2) is 60.7 Å². The molecule has 0 unspecified atom stereocenters. The molecule has 0 radical (unpaired) electrons. The fourth-order valence-electron chi connectivity index (χ4n) is 4.65. The molecule has 3 aromatic carbocycles. The topological polar surface area (TPSA) is 66.5 Å². The van der Waals surface area contributed by atoms with Gasteiger partial charge in [-0.25, -0.2) is 0 Å². The smallest absolute Gasteiger partial charge is 0.231 e. The number of amides is 1. The molecule has 2 heterocycles. The van der Waals surface area contributed by atoms with E-state index in [9.17, 15) is 4.79 Å². The molecule has 2 aliphatic heterocycles. The number of carbonyl (C=O) groups excluding carboxylic acids is 1. The van der Waals surface area contributed by atoms with Gasteiger partial charge >= 0.3 is 0 Å². The van der Waals surface area contributed by atoms with Crippen molar-refractivity contribution in [2.45, 2.75) is 32.2 Å². The van der Waals surface area contributed by atoms with Crippen molar-refractivity contribution in [2.75, 3.05) is 27.2 Å². The van der Waals surface area contributed by atoms with Gasteiger partial charge in [0.05, 0.1) is 7.11 Å². The van der Waals surface area contributed by atoms with Crippen LogP contribution < -0.4 is 23.7 Å². The average Bonchev–Trinajstić information content (AvgIpc) is 3.56. The van der Waals surface area contributed by atoms with E-state index < -0.39 is 0 Å². The summed E-state index contributed by atoms with van der Waals surface area (Å²) in [5, 5.41) is 0. The molecule has 0 saturated heterocycles. The average molecular weight is 476 g/mol. The molecule has 0 aromatic heterocycles. The van der Waals surface area contributed by atoms with Crippen LogP contribution in [0.3, 0.4) is 0 Å². The Morgan fingerprint density at radius 1 is 0.914 bits per heavy atom.